The third-order valence-electron chi connectivity index (χ3n) is 4.54. The van der Waals surface area contributed by atoms with Gasteiger partial charge in [0, 0.05) is 6.54 Å². The van der Waals surface area contributed by atoms with Crippen molar-refractivity contribution in [3.63, 3.8) is 0 Å². The van der Waals surface area contributed by atoms with Crippen molar-refractivity contribution in [2.45, 2.75) is 32.1 Å². The van der Waals surface area contributed by atoms with Crippen LogP contribution in [0.2, 0.25) is 0 Å². The number of hydrogen-bond donors (Lipinski definition) is 1. The zero-order chi connectivity index (χ0) is 11.8. The van der Waals surface area contributed by atoms with Crippen LogP contribution in [-0.2, 0) is 9.59 Å². The van der Waals surface area contributed by atoms with Gasteiger partial charge in [-0.1, -0.05) is 12.8 Å². The summed E-state index contributed by atoms with van der Waals surface area (Å²) in [6.45, 7) is 2.62. The van der Waals surface area contributed by atoms with E-state index in [2.05, 4.69) is 5.32 Å². The monoisotopic (exact) mass is 236 g/mol. The minimum Gasteiger partial charge on any atom is -0.316 e. The van der Waals surface area contributed by atoms with Crippen LogP contribution < -0.4 is 5.32 Å². The Labute approximate surface area is 102 Å². The lowest BCUT2D eigenvalue weighted by Crippen LogP contribution is -2.36. The number of carbonyl (C=O) groups excluding carboxylic acids is 2. The van der Waals surface area contributed by atoms with Gasteiger partial charge in [-0.25, -0.2) is 0 Å². The lowest BCUT2D eigenvalue weighted by Gasteiger charge is -2.19. The van der Waals surface area contributed by atoms with Crippen LogP contribution in [0.1, 0.15) is 32.1 Å². The second-order valence-electron chi connectivity index (χ2n) is 5.64. The Morgan fingerprint density at radius 1 is 1.06 bits per heavy atom. The molecule has 3 unspecified atom stereocenters. The molecule has 2 heterocycles. The molecule has 2 aliphatic heterocycles. The normalized spacial score (nSPS) is 37.6. The second-order valence-corrected chi connectivity index (χ2v) is 5.64. The first-order chi connectivity index (χ1) is 8.27. The minimum absolute atomic E-state index is 0.0191. The zero-order valence-electron chi connectivity index (χ0n) is 10.2. The standard InChI is InChI=1S/C13H20N2O2/c16-12-10-3-1-2-4-11(10)13(17)15(12)8-9-5-6-14-7-9/h9-11,14H,1-8H2. The van der Waals surface area contributed by atoms with E-state index in [1.165, 1.54) is 0 Å². The summed E-state index contributed by atoms with van der Waals surface area (Å²) in [5.74, 6) is 0.748. The third kappa shape index (κ3) is 1.88. The molecule has 0 aromatic heterocycles. The van der Waals surface area contributed by atoms with E-state index in [-0.39, 0.29) is 23.7 Å². The molecular weight excluding hydrogens is 216 g/mol. The zero-order valence-corrected chi connectivity index (χ0v) is 10.2. The van der Waals surface area contributed by atoms with Gasteiger partial charge in [0.1, 0.15) is 0 Å². The molecule has 3 fully saturated rings. The highest BCUT2D eigenvalue weighted by atomic mass is 16.2. The molecule has 0 aromatic carbocycles. The SMILES string of the molecule is O=C1C2CCCCC2C(=O)N1CC1CCNC1. The van der Waals surface area contributed by atoms with Crippen molar-refractivity contribution in [2.24, 2.45) is 17.8 Å². The minimum atomic E-state index is 0.0191. The second kappa shape index (κ2) is 4.41. The van der Waals surface area contributed by atoms with E-state index in [0.29, 0.717) is 12.5 Å². The van der Waals surface area contributed by atoms with Crippen molar-refractivity contribution >= 4 is 11.8 Å². The van der Waals surface area contributed by atoms with E-state index in [9.17, 15) is 9.59 Å². The molecule has 1 N–H and O–H groups in total. The van der Waals surface area contributed by atoms with Crippen molar-refractivity contribution in [3.8, 4) is 0 Å². The number of hydrogen-bond acceptors (Lipinski definition) is 3. The average molecular weight is 236 g/mol. The van der Waals surface area contributed by atoms with E-state index < -0.39 is 0 Å². The first-order valence-corrected chi connectivity index (χ1v) is 6.83. The fourth-order valence-corrected chi connectivity index (χ4v) is 3.54. The summed E-state index contributed by atoms with van der Waals surface area (Å²) in [6.07, 6.45) is 5.16. The summed E-state index contributed by atoms with van der Waals surface area (Å²) in [4.78, 5) is 26.0. The summed E-state index contributed by atoms with van der Waals surface area (Å²) < 4.78 is 0. The molecule has 4 heteroatoms. The number of amides is 2. The smallest absolute Gasteiger partial charge is 0.233 e. The van der Waals surface area contributed by atoms with Crippen molar-refractivity contribution in [1.29, 1.82) is 0 Å². The molecule has 94 valence electrons. The lowest BCUT2D eigenvalue weighted by molar-refractivity contribution is -0.140. The third-order valence-corrected chi connectivity index (χ3v) is 4.54. The Morgan fingerprint density at radius 2 is 1.71 bits per heavy atom. The van der Waals surface area contributed by atoms with Crippen LogP contribution in [-0.4, -0.2) is 36.3 Å². The maximum atomic E-state index is 12.2. The number of likely N-dealkylation sites (tertiary alicyclic amines) is 1. The maximum Gasteiger partial charge on any atom is 0.233 e. The molecule has 0 aromatic rings. The number of nitrogens with zero attached hydrogens (tertiary/aromatic N) is 1. The van der Waals surface area contributed by atoms with Gasteiger partial charge in [-0.3, -0.25) is 14.5 Å². The molecule has 0 bridgehead atoms. The quantitative estimate of drug-likeness (QED) is 0.721. The Balaban J connectivity index is 1.71. The molecule has 3 aliphatic rings. The highest BCUT2D eigenvalue weighted by molar-refractivity contribution is 6.05. The van der Waals surface area contributed by atoms with Crippen LogP contribution in [0.4, 0.5) is 0 Å². The molecule has 0 radical (unpaired) electrons. The average Bonchev–Trinajstić information content (AvgIpc) is 2.94. The Bertz CT molecular complexity index is 312. The molecule has 3 atom stereocenters. The molecule has 3 rings (SSSR count). The number of imide groups is 1. The highest BCUT2D eigenvalue weighted by Crippen LogP contribution is 2.38. The number of rotatable bonds is 2. The van der Waals surface area contributed by atoms with Gasteiger partial charge in [0.25, 0.3) is 0 Å². The molecule has 2 saturated heterocycles. The first kappa shape index (κ1) is 11.2. The number of fused-ring (bicyclic) bond motifs is 1. The van der Waals surface area contributed by atoms with Crippen LogP contribution in [0.15, 0.2) is 0 Å². The summed E-state index contributed by atoms with van der Waals surface area (Å²) in [5, 5.41) is 3.29. The van der Waals surface area contributed by atoms with Crippen LogP contribution in [0.25, 0.3) is 0 Å². The van der Waals surface area contributed by atoms with Crippen molar-refractivity contribution in [3.05, 3.63) is 0 Å². The molecule has 17 heavy (non-hydrogen) atoms. The summed E-state index contributed by atoms with van der Waals surface area (Å²) in [7, 11) is 0. The lowest BCUT2D eigenvalue weighted by atomic mass is 9.81. The fraction of sp³-hybridized carbons (Fsp3) is 0.846. The fourth-order valence-electron chi connectivity index (χ4n) is 3.54. The van der Waals surface area contributed by atoms with Gasteiger partial charge in [0.2, 0.25) is 11.8 Å². The van der Waals surface area contributed by atoms with E-state index in [1.807, 2.05) is 0 Å². The van der Waals surface area contributed by atoms with E-state index in [0.717, 1.165) is 45.2 Å². The Hall–Kier alpha value is -0.900. The first-order valence-electron chi connectivity index (χ1n) is 6.83. The van der Waals surface area contributed by atoms with Gasteiger partial charge in [-0.15, -0.1) is 0 Å². The molecule has 2 amide bonds. The summed E-state index contributed by atoms with van der Waals surface area (Å²) in [6, 6.07) is 0. The van der Waals surface area contributed by atoms with Crippen molar-refractivity contribution < 1.29 is 9.59 Å². The van der Waals surface area contributed by atoms with E-state index in [4.69, 9.17) is 0 Å². The van der Waals surface area contributed by atoms with Gasteiger partial charge >= 0.3 is 0 Å². The summed E-state index contributed by atoms with van der Waals surface area (Å²) in [5.41, 5.74) is 0. The van der Waals surface area contributed by atoms with Gasteiger partial charge in [0.05, 0.1) is 11.8 Å². The Kier molecular flexibility index (Phi) is 2.90. The van der Waals surface area contributed by atoms with Crippen molar-refractivity contribution in [1.82, 2.24) is 10.2 Å². The molecule has 0 spiro atoms. The van der Waals surface area contributed by atoms with E-state index >= 15 is 0 Å². The van der Waals surface area contributed by atoms with Gasteiger partial charge in [-0.05, 0) is 38.3 Å². The van der Waals surface area contributed by atoms with Crippen molar-refractivity contribution in [2.75, 3.05) is 19.6 Å². The number of nitrogens with one attached hydrogen (secondary N) is 1. The van der Waals surface area contributed by atoms with Gasteiger partial charge < -0.3 is 5.32 Å². The van der Waals surface area contributed by atoms with Crippen LogP contribution in [0, 0.1) is 17.8 Å². The molecule has 1 saturated carbocycles. The Morgan fingerprint density at radius 3 is 2.24 bits per heavy atom. The highest BCUT2D eigenvalue weighted by Gasteiger charge is 2.48. The summed E-state index contributed by atoms with van der Waals surface area (Å²) >= 11 is 0. The molecule has 1 aliphatic carbocycles. The predicted molar refractivity (Wildman–Crippen MR) is 63.1 cm³/mol. The van der Waals surface area contributed by atoms with Gasteiger partial charge in [0.15, 0.2) is 0 Å². The largest absolute Gasteiger partial charge is 0.316 e. The molecular formula is C13H20N2O2. The number of carbonyl (C=O) groups is 2. The van der Waals surface area contributed by atoms with Crippen LogP contribution in [0.5, 0.6) is 0 Å². The van der Waals surface area contributed by atoms with Gasteiger partial charge in [-0.2, -0.15) is 0 Å². The van der Waals surface area contributed by atoms with Crippen LogP contribution >= 0.6 is 0 Å². The molecule has 4 nitrogen and oxygen atoms in total. The van der Waals surface area contributed by atoms with E-state index in [1.54, 1.807) is 4.90 Å². The predicted octanol–water partition coefficient (Wildman–Crippen LogP) is 0.771. The maximum absolute atomic E-state index is 12.2. The van der Waals surface area contributed by atoms with Crippen LogP contribution in [0.3, 0.4) is 0 Å². The topological polar surface area (TPSA) is 49.4 Å².